The number of hydrogen-bond donors (Lipinski definition) is 1. The number of ether oxygens (including phenoxy) is 1. The van der Waals surface area contributed by atoms with Gasteiger partial charge in [0, 0.05) is 18.5 Å². The van der Waals surface area contributed by atoms with Gasteiger partial charge < -0.3 is 10.1 Å². The normalized spacial score (nSPS) is 17.6. The van der Waals surface area contributed by atoms with Crippen molar-refractivity contribution in [3.63, 3.8) is 0 Å². The number of carbonyl (C=O) groups is 2. The van der Waals surface area contributed by atoms with Crippen LogP contribution in [0.5, 0.6) is 0 Å². The highest BCUT2D eigenvalue weighted by atomic mass is 16.5. The molecule has 0 unspecified atom stereocenters. The van der Waals surface area contributed by atoms with Crippen molar-refractivity contribution in [1.29, 1.82) is 0 Å². The van der Waals surface area contributed by atoms with Crippen LogP contribution in [0.25, 0.3) is 5.52 Å². The number of pyridine rings is 1. The zero-order valence-electron chi connectivity index (χ0n) is 16.1. The van der Waals surface area contributed by atoms with Gasteiger partial charge in [-0.1, -0.05) is 0 Å². The summed E-state index contributed by atoms with van der Waals surface area (Å²) >= 11 is 0. The molecule has 7 nitrogen and oxygen atoms in total. The van der Waals surface area contributed by atoms with Gasteiger partial charge >= 0.3 is 6.09 Å². The molecule has 1 saturated carbocycles. The summed E-state index contributed by atoms with van der Waals surface area (Å²) in [6, 6.07) is 6.16. The van der Waals surface area contributed by atoms with Crippen molar-refractivity contribution < 1.29 is 14.3 Å². The molecule has 0 atom stereocenters. The predicted octanol–water partition coefficient (Wildman–Crippen LogP) is 3.36. The van der Waals surface area contributed by atoms with Crippen LogP contribution in [0.2, 0.25) is 0 Å². The lowest BCUT2D eigenvalue weighted by atomic mass is 10.1. The molecule has 0 aromatic carbocycles. The Labute approximate surface area is 158 Å². The Morgan fingerprint density at radius 1 is 1.30 bits per heavy atom. The van der Waals surface area contributed by atoms with E-state index in [1.165, 1.54) is 18.4 Å². The van der Waals surface area contributed by atoms with Gasteiger partial charge in [0.2, 0.25) is 5.91 Å². The molecule has 3 heterocycles. The smallest absolute Gasteiger partial charge is 0.407 e. The van der Waals surface area contributed by atoms with Gasteiger partial charge in [0.05, 0.1) is 5.52 Å². The lowest BCUT2D eigenvalue weighted by Gasteiger charge is -2.19. The van der Waals surface area contributed by atoms with Crippen molar-refractivity contribution in [2.24, 2.45) is 0 Å². The molecule has 144 valence electrons. The molecule has 1 saturated heterocycles. The minimum Gasteiger partial charge on any atom is -0.443 e. The summed E-state index contributed by atoms with van der Waals surface area (Å²) in [5.74, 6) is 1.54. The Hall–Kier alpha value is -2.57. The second-order valence-corrected chi connectivity index (χ2v) is 8.49. The summed E-state index contributed by atoms with van der Waals surface area (Å²) in [5, 5.41) is 7.37. The lowest BCUT2D eigenvalue weighted by Crippen LogP contribution is -2.40. The van der Waals surface area contributed by atoms with Gasteiger partial charge in [-0.15, -0.1) is 0 Å². The fourth-order valence-electron chi connectivity index (χ4n) is 3.44. The Balaban J connectivity index is 1.60. The third-order valence-electron chi connectivity index (χ3n) is 4.84. The molecule has 2 aromatic heterocycles. The Kier molecular flexibility index (Phi) is 4.32. The quantitative estimate of drug-likeness (QED) is 0.895. The van der Waals surface area contributed by atoms with Crippen LogP contribution in [0.3, 0.4) is 0 Å². The number of nitrogens with one attached hydrogen (secondary N) is 1. The van der Waals surface area contributed by atoms with Crippen molar-refractivity contribution in [2.75, 3.05) is 11.4 Å². The largest absolute Gasteiger partial charge is 0.443 e. The van der Waals surface area contributed by atoms with Gasteiger partial charge in [0.15, 0.2) is 0 Å². The first-order chi connectivity index (χ1) is 12.8. The molecular weight excluding hydrogens is 344 g/mol. The van der Waals surface area contributed by atoms with E-state index in [9.17, 15) is 9.59 Å². The molecule has 1 aliphatic carbocycles. The maximum atomic E-state index is 12.3. The average Bonchev–Trinajstić information content (AvgIpc) is 3.21. The highest BCUT2D eigenvalue weighted by molar-refractivity contribution is 5.95. The van der Waals surface area contributed by atoms with Crippen LogP contribution in [0.15, 0.2) is 18.2 Å². The van der Waals surface area contributed by atoms with E-state index in [0.717, 1.165) is 24.3 Å². The molecule has 27 heavy (non-hydrogen) atoms. The number of amides is 2. The van der Waals surface area contributed by atoms with E-state index in [-0.39, 0.29) is 18.1 Å². The summed E-state index contributed by atoms with van der Waals surface area (Å²) in [7, 11) is 0. The minimum absolute atomic E-state index is 0.0930. The molecule has 0 bridgehead atoms. The zero-order valence-corrected chi connectivity index (χ0v) is 16.1. The number of aromatic nitrogens is 2. The van der Waals surface area contributed by atoms with Crippen molar-refractivity contribution in [2.45, 2.75) is 64.5 Å². The molecule has 1 aliphatic heterocycles. The highest BCUT2D eigenvalue weighted by Gasteiger charge is 2.29. The van der Waals surface area contributed by atoms with Crippen molar-refractivity contribution in [1.82, 2.24) is 14.9 Å². The van der Waals surface area contributed by atoms with Crippen molar-refractivity contribution in [3.05, 3.63) is 29.5 Å². The molecule has 1 N–H and O–H groups in total. The molecule has 7 heteroatoms. The molecule has 4 rings (SSSR count). The number of anilines is 1. The molecular formula is C20H26N4O3. The average molecular weight is 370 g/mol. The van der Waals surface area contributed by atoms with E-state index < -0.39 is 6.09 Å². The number of fused-ring (bicyclic) bond motifs is 1. The van der Waals surface area contributed by atoms with Crippen LogP contribution in [0.1, 0.15) is 63.6 Å². The van der Waals surface area contributed by atoms with E-state index in [1.54, 1.807) is 4.52 Å². The summed E-state index contributed by atoms with van der Waals surface area (Å²) in [6.07, 6.45) is 3.38. The first-order valence-electron chi connectivity index (χ1n) is 9.58. The molecule has 0 radical (unpaired) electrons. The highest BCUT2D eigenvalue weighted by Crippen LogP contribution is 2.42. The molecule has 2 aliphatic rings. The summed E-state index contributed by atoms with van der Waals surface area (Å²) in [6.45, 7) is 6.52. The van der Waals surface area contributed by atoms with Crippen LogP contribution in [0, 0.1) is 0 Å². The number of alkyl carbamates (subject to hydrolysis) is 1. The first-order valence-corrected chi connectivity index (χ1v) is 9.58. The third kappa shape index (κ3) is 3.91. The summed E-state index contributed by atoms with van der Waals surface area (Å²) in [5.41, 5.74) is 2.51. The Morgan fingerprint density at radius 2 is 2.07 bits per heavy atom. The number of carbonyl (C=O) groups excluding carboxylic acids is 2. The van der Waals surface area contributed by atoms with Gasteiger partial charge in [0.25, 0.3) is 0 Å². The van der Waals surface area contributed by atoms with Gasteiger partial charge in [-0.3, -0.25) is 9.69 Å². The van der Waals surface area contributed by atoms with Crippen molar-refractivity contribution >= 4 is 23.3 Å². The minimum atomic E-state index is -0.465. The topological polar surface area (TPSA) is 75.9 Å². The number of rotatable bonds is 4. The number of hydrogen-bond acceptors (Lipinski definition) is 4. The van der Waals surface area contributed by atoms with E-state index >= 15 is 0 Å². The summed E-state index contributed by atoms with van der Waals surface area (Å²) < 4.78 is 7.10. The molecule has 2 aromatic rings. The molecule has 2 amide bonds. The van der Waals surface area contributed by atoms with E-state index in [0.29, 0.717) is 18.0 Å². The van der Waals surface area contributed by atoms with Crippen LogP contribution < -0.4 is 10.2 Å². The van der Waals surface area contributed by atoms with E-state index in [4.69, 9.17) is 4.74 Å². The third-order valence-corrected chi connectivity index (χ3v) is 4.84. The van der Waals surface area contributed by atoms with E-state index in [2.05, 4.69) is 22.5 Å². The SMILES string of the molecule is CC(C)(C)NC(=O)OCc1cc2cc(C3CC3)cc(N3CCCC3=O)n2n1. The van der Waals surface area contributed by atoms with Crippen LogP contribution in [-0.4, -0.2) is 33.7 Å². The predicted molar refractivity (Wildman–Crippen MR) is 102 cm³/mol. The van der Waals surface area contributed by atoms with Gasteiger partial charge in [-0.25, -0.2) is 9.31 Å². The Bertz CT molecular complexity index is 892. The summed E-state index contributed by atoms with van der Waals surface area (Å²) in [4.78, 5) is 26.0. The van der Waals surface area contributed by atoms with Gasteiger partial charge in [0.1, 0.15) is 18.1 Å². The van der Waals surface area contributed by atoms with Crippen LogP contribution in [0.4, 0.5) is 10.6 Å². The monoisotopic (exact) mass is 370 g/mol. The van der Waals surface area contributed by atoms with Crippen molar-refractivity contribution in [3.8, 4) is 0 Å². The van der Waals surface area contributed by atoms with Crippen LogP contribution in [-0.2, 0) is 16.1 Å². The van der Waals surface area contributed by atoms with Gasteiger partial charge in [-0.2, -0.15) is 5.10 Å². The van der Waals surface area contributed by atoms with Gasteiger partial charge in [-0.05, 0) is 69.7 Å². The maximum absolute atomic E-state index is 12.3. The maximum Gasteiger partial charge on any atom is 0.407 e. The Morgan fingerprint density at radius 3 is 2.70 bits per heavy atom. The second kappa shape index (κ2) is 6.55. The first kappa shape index (κ1) is 17.8. The fraction of sp³-hybridized carbons (Fsp3) is 0.550. The number of nitrogens with zero attached hydrogens (tertiary/aromatic N) is 3. The lowest BCUT2D eigenvalue weighted by molar-refractivity contribution is -0.117. The van der Waals surface area contributed by atoms with Crippen LogP contribution >= 0.6 is 0 Å². The fourth-order valence-corrected chi connectivity index (χ4v) is 3.44. The zero-order chi connectivity index (χ0) is 19.2. The molecule has 2 fully saturated rings. The second-order valence-electron chi connectivity index (χ2n) is 8.49. The molecule has 0 spiro atoms. The standard InChI is InChI=1S/C20H26N4O3/c1-20(2,3)21-19(26)27-12-15-11-16-9-14(13-6-7-13)10-17(24(16)22-15)23-8-4-5-18(23)25/h9-11,13H,4-8,12H2,1-3H3,(H,21,26). The van der Waals surface area contributed by atoms with E-state index in [1.807, 2.05) is 31.7 Å².